The molecule has 3 fully saturated rings. The number of alkyl halides is 3. The molecule has 3 aromatic rings. The molecule has 0 saturated carbocycles. The van der Waals surface area contributed by atoms with Crippen LogP contribution in [0.2, 0.25) is 0 Å². The molecule has 6 rings (SSSR count). The summed E-state index contributed by atoms with van der Waals surface area (Å²) in [5, 5.41) is 22.1. The highest BCUT2D eigenvalue weighted by Gasteiger charge is 2.47. The second-order valence-electron chi connectivity index (χ2n) is 13.0. The zero-order valence-electron chi connectivity index (χ0n) is 27.1. The van der Waals surface area contributed by atoms with Gasteiger partial charge in [-0.05, 0) is 60.0 Å². The fourth-order valence-electron chi connectivity index (χ4n) is 7.16. The molecule has 0 unspecified atom stereocenters. The van der Waals surface area contributed by atoms with Crippen LogP contribution < -0.4 is 5.32 Å². The van der Waals surface area contributed by atoms with Crippen LogP contribution in [-0.2, 0) is 32.2 Å². The minimum Gasteiger partial charge on any atom is -0.395 e. The first-order valence-electron chi connectivity index (χ1n) is 16.8. The molecule has 262 valence electrons. The van der Waals surface area contributed by atoms with Gasteiger partial charge in [0.15, 0.2) is 6.29 Å². The molecule has 9 nitrogen and oxygen atoms in total. The van der Waals surface area contributed by atoms with E-state index in [9.17, 15) is 33.0 Å². The van der Waals surface area contributed by atoms with Gasteiger partial charge in [0.25, 0.3) is 0 Å². The molecule has 3 N–H and O–H groups in total. The lowest BCUT2D eigenvalue weighted by Gasteiger charge is -2.38. The standard InChI is InChI=1S/C37H42F3N3O6/c38-37(39,40)36(47)43-18-4-8-32(43)34(46)41-20-28-5-1-2-7-31(28)25-13-15-27(16-14-25)35-48-30(21-42-17-3-6-29(42)23-45)19-33(49-35)26-11-9-24(22-44)10-12-26/h1-2,5,7,9-16,29-30,32-33,35,44-45H,3-4,6,8,17-23H2,(H,41,46)/t29-,30+,32-,33-,35-/m0/s1. The Morgan fingerprint density at radius 2 is 1.59 bits per heavy atom. The minimum atomic E-state index is -5.03. The number of nitrogens with one attached hydrogen (secondary N) is 1. The highest BCUT2D eigenvalue weighted by atomic mass is 19.4. The number of aliphatic hydroxyl groups is 2. The molecule has 0 spiro atoms. The van der Waals surface area contributed by atoms with Gasteiger partial charge in [-0.2, -0.15) is 13.2 Å². The molecule has 12 heteroatoms. The number of carbonyl (C=O) groups excluding carboxylic acids is 2. The van der Waals surface area contributed by atoms with E-state index in [-0.39, 0.29) is 51.0 Å². The van der Waals surface area contributed by atoms with Crippen molar-refractivity contribution in [1.29, 1.82) is 0 Å². The van der Waals surface area contributed by atoms with Crippen LogP contribution in [0.1, 0.15) is 66.8 Å². The number of likely N-dealkylation sites (tertiary alicyclic amines) is 2. The molecule has 5 atom stereocenters. The first-order chi connectivity index (χ1) is 23.6. The Bertz CT molecular complexity index is 1590. The first kappa shape index (κ1) is 35.0. The maximum absolute atomic E-state index is 13.1. The molecule has 3 aliphatic rings. The van der Waals surface area contributed by atoms with Crippen LogP contribution >= 0.6 is 0 Å². The van der Waals surface area contributed by atoms with Gasteiger partial charge < -0.3 is 29.9 Å². The van der Waals surface area contributed by atoms with E-state index in [4.69, 9.17) is 9.47 Å². The summed E-state index contributed by atoms with van der Waals surface area (Å²) in [4.78, 5) is 27.7. The number of amides is 2. The average Bonchev–Trinajstić information content (AvgIpc) is 3.80. The van der Waals surface area contributed by atoms with Crippen LogP contribution in [0.25, 0.3) is 11.1 Å². The van der Waals surface area contributed by atoms with E-state index in [0.29, 0.717) is 24.3 Å². The van der Waals surface area contributed by atoms with Gasteiger partial charge >= 0.3 is 12.1 Å². The third kappa shape index (κ3) is 8.16. The summed E-state index contributed by atoms with van der Waals surface area (Å²) >= 11 is 0. The van der Waals surface area contributed by atoms with E-state index in [1.165, 1.54) is 0 Å². The van der Waals surface area contributed by atoms with Crippen molar-refractivity contribution in [2.24, 2.45) is 0 Å². The Labute approximate surface area is 283 Å². The molecule has 0 aliphatic carbocycles. The van der Waals surface area contributed by atoms with Crippen molar-refractivity contribution in [3.8, 4) is 11.1 Å². The molecule has 3 aromatic carbocycles. The third-order valence-corrected chi connectivity index (χ3v) is 9.79. The largest absolute Gasteiger partial charge is 0.471 e. The van der Waals surface area contributed by atoms with Gasteiger partial charge in [0.2, 0.25) is 5.91 Å². The zero-order valence-corrected chi connectivity index (χ0v) is 27.1. The van der Waals surface area contributed by atoms with Crippen LogP contribution in [0.3, 0.4) is 0 Å². The number of nitrogens with zero attached hydrogens (tertiary/aromatic N) is 2. The fraction of sp³-hybridized carbons (Fsp3) is 0.459. The van der Waals surface area contributed by atoms with E-state index >= 15 is 0 Å². The Hall–Kier alpha value is -3.81. The van der Waals surface area contributed by atoms with E-state index in [2.05, 4.69) is 10.2 Å². The van der Waals surface area contributed by atoms with Crippen molar-refractivity contribution < 1.29 is 42.4 Å². The molecule has 2 amide bonds. The Morgan fingerprint density at radius 3 is 2.31 bits per heavy atom. The topological polar surface area (TPSA) is 112 Å². The highest BCUT2D eigenvalue weighted by molar-refractivity contribution is 5.90. The Morgan fingerprint density at radius 1 is 0.878 bits per heavy atom. The van der Waals surface area contributed by atoms with Gasteiger partial charge in [0.1, 0.15) is 6.04 Å². The van der Waals surface area contributed by atoms with Gasteiger partial charge in [-0.1, -0.05) is 72.8 Å². The molecule has 0 bridgehead atoms. The normalized spacial score (nSPS) is 24.7. The first-order valence-corrected chi connectivity index (χ1v) is 16.8. The zero-order chi connectivity index (χ0) is 34.5. The summed E-state index contributed by atoms with van der Waals surface area (Å²) in [6.45, 7) is 1.64. The maximum atomic E-state index is 13.1. The SMILES string of the molecule is O=C(NCc1ccccc1-c1ccc([C@H]2O[C@@H](CN3CCC[C@H]3CO)C[C@@H](c3ccc(CO)cc3)O2)cc1)[C@@H]1CCCN1C(=O)C(F)(F)F. The molecule has 3 saturated heterocycles. The van der Waals surface area contributed by atoms with Crippen LogP contribution in [0.5, 0.6) is 0 Å². The molecule has 0 radical (unpaired) electrons. The van der Waals surface area contributed by atoms with Crippen molar-refractivity contribution in [2.75, 3.05) is 26.2 Å². The van der Waals surface area contributed by atoms with E-state index in [1.807, 2.05) is 72.8 Å². The summed E-state index contributed by atoms with van der Waals surface area (Å²) in [6.07, 6.45) is -2.91. The summed E-state index contributed by atoms with van der Waals surface area (Å²) in [5.74, 6) is -2.60. The van der Waals surface area contributed by atoms with E-state index < -0.39 is 30.3 Å². The predicted octanol–water partition coefficient (Wildman–Crippen LogP) is 5.02. The smallest absolute Gasteiger partial charge is 0.395 e. The number of aliphatic hydroxyl groups excluding tert-OH is 2. The summed E-state index contributed by atoms with van der Waals surface area (Å²) in [6, 6.07) is 21.9. The number of halogens is 3. The number of benzene rings is 3. The van der Waals surface area contributed by atoms with E-state index in [1.54, 1.807) is 0 Å². The number of rotatable bonds is 10. The van der Waals surface area contributed by atoms with Crippen molar-refractivity contribution in [3.05, 3.63) is 95.1 Å². The molecule has 3 heterocycles. The van der Waals surface area contributed by atoms with Crippen LogP contribution in [-0.4, -0.2) is 82.4 Å². The average molecular weight is 682 g/mol. The fourth-order valence-corrected chi connectivity index (χ4v) is 7.16. The van der Waals surface area contributed by atoms with Crippen LogP contribution in [0.4, 0.5) is 13.2 Å². The number of ether oxygens (including phenoxy) is 2. The van der Waals surface area contributed by atoms with Crippen LogP contribution in [0.15, 0.2) is 72.8 Å². The lowest BCUT2D eigenvalue weighted by Crippen LogP contribution is -2.50. The van der Waals surface area contributed by atoms with Gasteiger partial charge in [-0.15, -0.1) is 0 Å². The van der Waals surface area contributed by atoms with Crippen molar-refractivity contribution >= 4 is 11.8 Å². The monoisotopic (exact) mass is 681 g/mol. The maximum Gasteiger partial charge on any atom is 0.471 e. The molecular weight excluding hydrogens is 639 g/mol. The summed E-state index contributed by atoms with van der Waals surface area (Å²) in [7, 11) is 0. The Balaban J connectivity index is 1.16. The lowest BCUT2D eigenvalue weighted by molar-refractivity contribution is -0.253. The van der Waals surface area contributed by atoms with Crippen molar-refractivity contribution in [3.63, 3.8) is 0 Å². The predicted molar refractivity (Wildman–Crippen MR) is 175 cm³/mol. The van der Waals surface area contributed by atoms with Gasteiger partial charge in [-0.25, -0.2) is 0 Å². The Kier molecular flexibility index (Phi) is 11.0. The number of hydrogen-bond donors (Lipinski definition) is 3. The summed E-state index contributed by atoms with van der Waals surface area (Å²) in [5.41, 5.74) is 5.13. The number of hydrogen-bond acceptors (Lipinski definition) is 7. The second kappa shape index (κ2) is 15.4. The highest BCUT2D eigenvalue weighted by Crippen LogP contribution is 2.39. The van der Waals surface area contributed by atoms with Crippen molar-refractivity contribution in [1.82, 2.24) is 15.1 Å². The van der Waals surface area contributed by atoms with Gasteiger partial charge in [0.05, 0.1) is 25.4 Å². The second-order valence-corrected chi connectivity index (χ2v) is 13.0. The lowest BCUT2D eigenvalue weighted by atomic mass is 9.97. The molecular formula is C37H42F3N3O6. The molecule has 3 aliphatic heterocycles. The van der Waals surface area contributed by atoms with Crippen LogP contribution in [0, 0.1) is 0 Å². The summed E-state index contributed by atoms with van der Waals surface area (Å²) < 4.78 is 52.2. The third-order valence-electron chi connectivity index (χ3n) is 9.79. The van der Waals surface area contributed by atoms with Gasteiger partial charge in [-0.3, -0.25) is 14.5 Å². The quantitative estimate of drug-likeness (QED) is 0.276. The number of carbonyl (C=O) groups is 2. The minimum absolute atomic E-state index is 0.0401. The van der Waals surface area contributed by atoms with Crippen molar-refractivity contribution in [2.45, 2.75) is 82.0 Å². The molecule has 0 aromatic heterocycles. The molecule has 49 heavy (non-hydrogen) atoms. The van der Waals surface area contributed by atoms with Gasteiger partial charge in [0, 0.05) is 37.7 Å². The van der Waals surface area contributed by atoms with E-state index in [0.717, 1.165) is 52.8 Å².